The van der Waals surface area contributed by atoms with Crippen LogP contribution < -0.4 is 10.6 Å². The van der Waals surface area contributed by atoms with Crippen LogP contribution in [0.5, 0.6) is 0 Å². The monoisotopic (exact) mass is 320 g/mol. The topological polar surface area (TPSA) is 104 Å². The average molecular weight is 321 g/mol. The molecule has 0 saturated carbocycles. The first-order valence-electron chi connectivity index (χ1n) is 6.39. The highest BCUT2D eigenvalue weighted by atomic mass is 35.5. The maximum absolute atomic E-state index is 11.8. The summed E-state index contributed by atoms with van der Waals surface area (Å²) in [5, 5.41) is 14.8. The van der Waals surface area contributed by atoms with E-state index in [-0.39, 0.29) is 17.9 Å². The SMILES string of the molecule is O=C(CCNc1cc(Cl)ncn1)Nc1cccc(C(=O)O)c1. The Kier molecular flexibility index (Phi) is 5.26. The number of carboxylic acid groups (broad SMARTS) is 1. The molecule has 22 heavy (non-hydrogen) atoms. The minimum absolute atomic E-state index is 0.117. The number of aromatic nitrogens is 2. The lowest BCUT2D eigenvalue weighted by Crippen LogP contribution is -2.16. The quantitative estimate of drug-likeness (QED) is 0.705. The Morgan fingerprint density at radius 2 is 2.05 bits per heavy atom. The first kappa shape index (κ1) is 15.7. The molecular weight excluding hydrogens is 308 g/mol. The number of halogens is 1. The van der Waals surface area contributed by atoms with Gasteiger partial charge in [0.25, 0.3) is 0 Å². The maximum atomic E-state index is 11.8. The number of carboxylic acids is 1. The zero-order valence-electron chi connectivity index (χ0n) is 11.4. The summed E-state index contributed by atoms with van der Waals surface area (Å²) in [5.41, 5.74) is 0.557. The van der Waals surface area contributed by atoms with Gasteiger partial charge < -0.3 is 15.7 Å². The molecule has 0 fully saturated rings. The van der Waals surface area contributed by atoms with Gasteiger partial charge in [-0.25, -0.2) is 14.8 Å². The molecule has 2 rings (SSSR count). The lowest BCUT2D eigenvalue weighted by atomic mass is 10.2. The fourth-order valence-corrected chi connectivity index (χ4v) is 1.83. The molecule has 0 radical (unpaired) electrons. The van der Waals surface area contributed by atoms with Gasteiger partial charge in [0.15, 0.2) is 0 Å². The molecule has 7 nitrogen and oxygen atoms in total. The average Bonchev–Trinajstić information content (AvgIpc) is 2.47. The van der Waals surface area contributed by atoms with E-state index in [0.29, 0.717) is 23.2 Å². The minimum Gasteiger partial charge on any atom is -0.478 e. The molecule has 0 spiro atoms. The van der Waals surface area contributed by atoms with E-state index in [1.807, 2.05) is 0 Å². The van der Waals surface area contributed by atoms with Gasteiger partial charge in [0.2, 0.25) is 5.91 Å². The Morgan fingerprint density at radius 3 is 2.77 bits per heavy atom. The fourth-order valence-electron chi connectivity index (χ4n) is 1.69. The number of aromatic carboxylic acids is 1. The molecule has 8 heteroatoms. The van der Waals surface area contributed by atoms with E-state index < -0.39 is 5.97 Å². The van der Waals surface area contributed by atoms with Crippen LogP contribution in [0.4, 0.5) is 11.5 Å². The van der Waals surface area contributed by atoms with Crippen molar-refractivity contribution in [3.8, 4) is 0 Å². The van der Waals surface area contributed by atoms with Gasteiger partial charge in [-0.1, -0.05) is 17.7 Å². The summed E-state index contributed by atoms with van der Waals surface area (Å²) >= 11 is 5.72. The largest absolute Gasteiger partial charge is 0.478 e. The van der Waals surface area contributed by atoms with Crippen molar-refractivity contribution in [3.63, 3.8) is 0 Å². The number of carbonyl (C=O) groups excluding carboxylic acids is 1. The van der Waals surface area contributed by atoms with Crippen LogP contribution in [-0.4, -0.2) is 33.5 Å². The van der Waals surface area contributed by atoms with Crippen LogP contribution in [0.3, 0.4) is 0 Å². The number of anilines is 2. The van der Waals surface area contributed by atoms with Crippen LogP contribution in [0, 0.1) is 0 Å². The highest BCUT2D eigenvalue weighted by Crippen LogP contribution is 2.11. The van der Waals surface area contributed by atoms with Crippen molar-refractivity contribution in [1.29, 1.82) is 0 Å². The van der Waals surface area contributed by atoms with Gasteiger partial charge in [-0.05, 0) is 18.2 Å². The number of hydrogen-bond donors (Lipinski definition) is 3. The van der Waals surface area contributed by atoms with Crippen LogP contribution >= 0.6 is 11.6 Å². The number of nitrogens with one attached hydrogen (secondary N) is 2. The third kappa shape index (κ3) is 4.71. The van der Waals surface area contributed by atoms with Crippen LogP contribution in [0.2, 0.25) is 5.15 Å². The van der Waals surface area contributed by atoms with Gasteiger partial charge in [0, 0.05) is 24.7 Å². The molecule has 0 bridgehead atoms. The molecule has 1 amide bonds. The summed E-state index contributed by atoms with van der Waals surface area (Å²) in [7, 11) is 0. The number of nitrogens with zero attached hydrogens (tertiary/aromatic N) is 2. The third-order valence-corrected chi connectivity index (χ3v) is 2.89. The molecule has 0 aliphatic heterocycles. The van der Waals surface area contributed by atoms with Crippen molar-refractivity contribution in [2.24, 2.45) is 0 Å². The van der Waals surface area contributed by atoms with Crippen LogP contribution in [0.1, 0.15) is 16.8 Å². The zero-order chi connectivity index (χ0) is 15.9. The van der Waals surface area contributed by atoms with E-state index in [9.17, 15) is 9.59 Å². The van der Waals surface area contributed by atoms with E-state index >= 15 is 0 Å². The van der Waals surface area contributed by atoms with Gasteiger partial charge in [-0.3, -0.25) is 4.79 Å². The Morgan fingerprint density at radius 1 is 1.23 bits per heavy atom. The molecule has 0 atom stereocenters. The molecule has 0 unspecified atom stereocenters. The van der Waals surface area contributed by atoms with E-state index in [4.69, 9.17) is 16.7 Å². The van der Waals surface area contributed by atoms with Crippen molar-refractivity contribution in [1.82, 2.24) is 9.97 Å². The molecule has 2 aromatic rings. The summed E-state index contributed by atoms with van der Waals surface area (Å²) in [4.78, 5) is 30.3. The molecule has 1 heterocycles. The Hall–Kier alpha value is -2.67. The van der Waals surface area contributed by atoms with Crippen molar-refractivity contribution >= 4 is 35.0 Å². The second-order valence-corrected chi connectivity index (χ2v) is 4.72. The second-order valence-electron chi connectivity index (χ2n) is 4.34. The summed E-state index contributed by atoms with van der Waals surface area (Å²) in [6.45, 7) is 0.359. The van der Waals surface area contributed by atoms with Crippen molar-refractivity contribution < 1.29 is 14.7 Å². The highest BCUT2D eigenvalue weighted by molar-refractivity contribution is 6.29. The van der Waals surface area contributed by atoms with Gasteiger partial charge in [0.1, 0.15) is 17.3 Å². The maximum Gasteiger partial charge on any atom is 0.335 e. The van der Waals surface area contributed by atoms with Crippen molar-refractivity contribution in [2.75, 3.05) is 17.2 Å². The lowest BCUT2D eigenvalue weighted by molar-refractivity contribution is -0.115. The van der Waals surface area contributed by atoms with Crippen molar-refractivity contribution in [2.45, 2.75) is 6.42 Å². The molecule has 0 saturated heterocycles. The third-order valence-electron chi connectivity index (χ3n) is 2.69. The summed E-state index contributed by atoms with van der Waals surface area (Å²) in [6.07, 6.45) is 1.51. The zero-order valence-corrected chi connectivity index (χ0v) is 12.2. The number of benzene rings is 1. The number of hydrogen-bond acceptors (Lipinski definition) is 5. The number of amides is 1. The van der Waals surface area contributed by atoms with Crippen LogP contribution in [0.15, 0.2) is 36.7 Å². The van der Waals surface area contributed by atoms with E-state index in [2.05, 4.69) is 20.6 Å². The summed E-state index contributed by atoms with van der Waals surface area (Å²) in [6, 6.07) is 7.61. The fraction of sp³-hybridized carbons (Fsp3) is 0.143. The van der Waals surface area contributed by atoms with Crippen molar-refractivity contribution in [3.05, 3.63) is 47.4 Å². The van der Waals surface area contributed by atoms with Gasteiger partial charge >= 0.3 is 5.97 Å². The van der Waals surface area contributed by atoms with Crippen LogP contribution in [-0.2, 0) is 4.79 Å². The van der Waals surface area contributed by atoms with E-state index in [1.54, 1.807) is 18.2 Å². The molecule has 0 aliphatic rings. The van der Waals surface area contributed by atoms with Gasteiger partial charge in [-0.15, -0.1) is 0 Å². The lowest BCUT2D eigenvalue weighted by Gasteiger charge is -2.07. The first-order chi connectivity index (χ1) is 10.5. The normalized spacial score (nSPS) is 10.0. The second kappa shape index (κ2) is 7.37. The minimum atomic E-state index is -1.04. The first-order valence-corrected chi connectivity index (χ1v) is 6.77. The molecule has 3 N–H and O–H groups in total. The van der Waals surface area contributed by atoms with Gasteiger partial charge in [-0.2, -0.15) is 0 Å². The number of carbonyl (C=O) groups is 2. The molecule has 0 aliphatic carbocycles. The molecular formula is C14H13ClN4O3. The standard InChI is InChI=1S/C14H13ClN4O3/c15-11-7-12(18-8-17-11)16-5-4-13(20)19-10-3-1-2-9(6-10)14(21)22/h1-3,6-8H,4-5H2,(H,19,20)(H,21,22)(H,16,17,18). The number of rotatable bonds is 6. The smallest absolute Gasteiger partial charge is 0.335 e. The molecule has 114 valence electrons. The summed E-state index contributed by atoms with van der Waals surface area (Å²) in [5.74, 6) is -0.755. The highest BCUT2D eigenvalue weighted by Gasteiger charge is 2.06. The predicted molar refractivity (Wildman–Crippen MR) is 82.2 cm³/mol. The molecule has 1 aromatic carbocycles. The molecule has 1 aromatic heterocycles. The van der Waals surface area contributed by atoms with Crippen LogP contribution in [0.25, 0.3) is 0 Å². The Balaban J connectivity index is 1.83. The Bertz CT molecular complexity index is 693. The van der Waals surface area contributed by atoms with E-state index in [1.165, 1.54) is 18.5 Å². The van der Waals surface area contributed by atoms with Gasteiger partial charge in [0.05, 0.1) is 5.56 Å². The summed E-state index contributed by atoms with van der Waals surface area (Å²) < 4.78 is 0. The Labute approximate surface area is 131 Å². The van der Waals surface area contributed by atoms with E-state index in [0.717, 1.165) is 0 Å². The predicted octanol–water partition coefficient (Wildman–Crippen LogP) is 2.27.